The van der Waals surface area contributed by atoms with Crippen LogP contribution in [0.2, 0.25) is 0 Å². The lowest BCUT2D eigenvalue weighted by Crippen LogP contribution is -2.39. The molecule has 0 amide bonds. The second kappa shape index (κ2) is 6.73. The lowest BCUT2D eigenvalue weighted by Gasteiger charge is -2.17. The number of hydrogen-bond acceptors (Lipinski definition) is 4. The molecule has 0 radical (unpaired) electrons. The van der Waals surface area contributed by atoms with E-state index in [0.29, 0.717) is 6.54 Å². The van der Waals surface area contributed by atoms with Crippen molar-refractivity contribution in [2.75, 3.05) is 20.2 Å². The Kier molecular flexibility index (Phi) is 5.59. The number of aryl methyl sites for hydroxylation is 1. The summed E-state index contributed by atoms with van der Waals surface area (Å²) in [5, 5.41) is 3.35. The Labute approximate surface area is 110 Å². The highest BCUT2D eigenvalue weighted by Crippen LogP contribution is 2.27. The summed E-state index contributed by atoms with van der Waals surface area (Å²) >= 11 is 0. The van der Waals surface area contributed by atoms with Crippen molar-refractivity contribution in [3.63, 3.8) is 0 Å². The number of hydrogen-bond donors (Lipinski definition) is 3. The monoisotopic (exact) mass is 251 g/mol. The Balaban J connectivity index is 2.80. The van der Waals surface area contributed by atoms with Crippen LogP contribution in [0.3, 0.4) is 0 Å². The van der Waals surface area contributed by atoms with Gasteiger partial charge in [0.25, 0.3) is 0 Å². The Morgan fingerprint density at radius 2 is 1.94 bits per heavy atom. The van der Waals surface area contributed by atoms with Gasteiger partial charge in [0.15, 0.2) is 0 Å². The van der Waals surface area contributed by atoms with Gasteiger partial charge in [0.1, 0.15) is 5.75 Å². The summed E-state index contributed by atoms with van der Waals surface area (Å²) < 4.78 is 5.36. The highest BCUT2D eigenvalue weighted by atomic mass is 16.5. The molecule has 4 nitrogen and oxygen atoms in total. The molecule has 0 saturated heterocycles. The van der Waals surface area contributed by atoms with Crippen LogP contribution >= 0.6 is 0 Å². The van der Waals surface area contributed by atoms with Gasteiger partial charge in [-0.25, -0.2) is 0 Å². The molecule has 18 heavy (non-hydrogen) atoms. The van der Waals surface area contributed by atoms with Gasteiger partial charge in [0.05, 0.1) is 7.11 Å². The van der Waals surface area contributed by atoms with E-state index in [1.165, 1.54) is 22.3 Å². The van der Waals surface area contributed by atoms with Crippen LogP contribution in [0.1, 0.15) is 22.3 Å². The second-order valence-electron chi connectivity index (χ2n) is 4.75. The first-order chi connectivity index (χ1) is 8.51. The molecule has 5 N–H and O–H groups in total. The smallest absolute Gasteiger partial charge is 0.122 e. The SMILES string of the molecule is COc1cc(C)c(CNCC(N)CN)c(C)c1C. The summed E-state index contributed by atoms with van der Waals surface area (Å²) in [5.74, 6) is 0.951. The first-order valence-electron chi connectivity index (χ1n) is 6.31. The van der Waals surface area contributed by atoms with E-state index in [1.807, 2.05) is 0 Å². The molecule has 1 rings (SSSR count). The van der Waals surface area contributed by atoms with Crippen molar-refractivity contribution in [3.8, 4) is 5.75 Å². The summed E-state index contributed by atoms with van der Waals surface area (Å²) in [5.41, 5.74) is 16.3. The van der Waals surface area contributed by atoms with Crippen molar-refractivity contribution < 1.29 is 4.74 Å². The molecule has 1 aromatic rings. The quantitative estimate of drug-likeness (QED) is 0.705. The average Bonchev–Trinajstić information content (AvgIpc) is 2.37. The Bertz CT molecular complexity index is 405. The van der Waals surface area contributed by atoms with Gasteiger partial charge >= 0.3 is 0 Å². The van der Waals surface area contributed by atoms with Crippen LogP contribution in [0.15, 0.2) is 6.07 Å². The second-order valence-corrected chi connectivity index (χ2v) is 4.75. The first kappa shape index (κ1) is 15.0. The summed E-state index contributed by atoms with van der Waals surface area (Å²) in [6, 6.07) is 2.10. The standard InChI is InChI=1S/C14H25N3O/c1-9-5-14(18-4)11(3)10(2)13(9)8-17-7-12(16)6-15/h5,12,17H,6-8,15-16H2,1-4H3. The highest BCUT2D eigenvalue weighted by Gasteiger charge is 2.10. The maximum atomic E-state index is 5.78. The molecule has 1 unspecified atom stereocenters. The van der Waals surface area contributed by atoms with Crippen LogP contribution in [0, 0.1) is 20.8 Å². The summed E-state index contributed by atoms with van der Waals surface area (Å²) in [6.45, 7) is 8.38. The minimum absolute atomic E-state index is 0.0185. The van der Waals surface area contributed by atoms with E-state index in [2.05, 4.69) is 32.2 Å². The molecule has 0 bridgehead atoms. The van der Waals surface area contributed by atoms with Gasteiger partial charge in [-0.15, -0.1) is 0 Å². The van der Waals surface area contributed by atoms with Gasteiger partial charge in [0, 0.05) is 25.7 Å². The van der Waals surface area contributed by atoms with Crippen molar-refractivity contribution in [2.24, 2.45) is 11.5 Å². The fourth-order valence-corrected chi connectivity index (χ4v) is 2.05. The van der Waals surface area contributed by atoms with E-state index in [1.54, 1.807) is 7.11 Å². The number of rotatable bonds is 6. The van der Waals surface area contributed by atoms with Crippen molar-refractivity contribution in [2.45, 2.75) is 33.4 Å². The molecule has 1 aromatic carbocycles. The predicted octanol–water partition coefficient (Wildman–Crippen LogP) is 0.996. The molecule has 0 aromatic heterocycles. The lowest BCUT2D eigenvalue weighted by molar-refractivity contribution is 0.410. The summed E-state index contributed by atoms with van der Waals surface area (Å²) in [7, 11) is 1.71. The van der Waals surface area contributed by atoms with E-state index in [4.69, 9.17) is 16.2 Å². The van der Waals surface area contributed by atoms with Crippen LogP contribution in [0.5, 0.6) is 5.75 Å². The maximum absolute atomic E-state index is 5.78. The number of nitrogens with two attached hydrogens (primary N) is 2. The zero-order valence-electron chi connectivity index (χ0n) is 11.8. The van der Waals surface area contributed by atoms with Gasteiger partial charge in [-0.1, -0.05) is 0 Å². The highest BCUT2D eigenvalue weighted by molar-refractivity contribution is 5.48. The first-order valence-corrected chi connectivity index (χ1v) is 6.31. The third-order valence-corrected chi connectivity index (χ3v) is 3.44. The Morgan fingerprint density at radius 3 is 2.50 bits per heavy atom. The molecule has 0 aliphatic carbocycles. The molecule has 0 aliphatic rings. The van der Waals surface area contributed by atoms with Crippen LogP contribution in [-0.2, 0) is 6.54 Å². The van der Waals surface area contributed by atoms with Gasteiger partial charge in [-0.05, 0) is 49.1 Å². The topological polar surface area (TPSA) is 73.3 Å². The fraction of sp³-hybridized carbons (Fsp3) is 0.571. The largest absolute Gasteiger partial charge is 0.496 e. The number of nitrogens with one attached hydrogen (secondary N) is 1. The molecule has 0 heterocycles. The molecule has 102 valence electrons. The Morgan fingerprint density at radius 1 is 1.28 bits per heavy atom. The third kappa shape index (κ3) is 3.45. The van der Waals surface area contributed by atoms with E-state index in [0.717, 1.165) is 18.8 Å². The minimum atomic E-state index is 0.0185. The number of benzene rings is 1. The van der Waals surface area contributed by atoms with Crippen molar-refractivity contribution in [1.82, 2.24) is 5.32 Å². The molecule has 1 atom stereocenters. The summed E-state index contributed by atoms with van der Waals surface area (Å²) in [6.07, 6.45) is 0. The number of methoxy groups -OCH3 is 1. The van der Waals surface area contributed by atoms with Gasteiger partial charge in [-0.3, -0.25) is 0 Å². The van der Waals surface area contributed by atoms with Crippen molar-refractivity contribution in [3.05, 3.63) is 28.3 Å². The minimum Gasteiger partial charge on any atom is -0.496 e. The third-order valence-electron chi connectivity index (χ3n) is 3.44. The molecular formula is C14H25N3O. The molecule has 0 aliphatic heterocycles. The lowest BCUT2D eigenvalue weighted by atomic mass is 9.97. The maximum Gasteiger partial charge on any atom is 0.122 e. The van der Waals surface area contributed by atoms with Crippen LogP contribution in [-0.4, -0.2) is 26.2 Å². The van der Waals surface area contributed by atoms with Crippen molar-refractivity contribution in [1.29, 1.82) is 0 Å². The van der Waals surface area contributed by atoms with Crippen LogP contribution < -0.4 is 21.5 Å². The van der Waals surface area contributed by atoms with E-state index in [-0.39, 0.29) is 6.04 Å². The van der Waals surface area contributed by atoms with Crippen molar-refractivity contribution >= 4 is 0 Å². The zero-order chi connectivity index (χ0) is 13.7. The fourth-order valence-electron chi connectivity index (χ4n) is 2.05. The summed E-state index contributed by atoms with van der Waals surface area (Å²) in [4.78, 5) is 0. The predicted molar refractivity (Wildman–Crippen MR) is 75.9 cm³/mol. The molecule has 0 spiro atoms. The van der Waals surface area contributed by atoms with E-state index in [9.17, 15) is 0 Å². The zero-order valence-corrected chi connectivity index (χ0v) is 11.8. The Hall–Kier alpha value is -1.10. The van der Waals surface area contributed by atoms with Crippen LogP contribution in [0.4, 0.5) is 0 Å². The van der Waals surface area contributed by atoms with Gasteiger partial charge in [-0.2, -0.15) is 0 Å². The van der Waals surface area contributed by atoms with E-state index >= 15 is 0 Å². The molecule has 0 fully saturated rings. The normalized spacial score (nSPS) is 12.6. The van der Waals surface area contributed by atoms with Gasteiger partial charge in [0.2, 0.25) is 0 Å². The van der Waals surface area contributed by atoms with E-state index < -0.39 is 0 Å². The van der Waals surface area contributed by atoms with Crippen LogP contribution in [0.25, 0.3) is 0 Å². The van der Waals surface area contributed by atoms with Gasteiger partial charge < -0.3 is 21.5 Å². The average molecular weight is 251 g/mol. The molecule has 4 heteroatoms. The molecular weight excluding hydrogens is 226 g/mol. The number of ether oxygens (including phenoxy) is 1. The molecule has 0 saturated carbocycles.